The van der Waals surface area contributed by atoms with Crippen molar-refractivity contribution in [2.75, 3.05) is 0 Å². The van der Waals surface area contributed by atoms with Gasteiger partial charge >= 0.3 is 51.4 Å². The average Bonchev–Trinajstić information content (AvgIpc) is 2.08. The van der Waals surface area contributed by atoms with Crippen LogP contribution in [-0.2, 0) is 0 Å². The van der Waals surface area contributed by atoms with E-state index >= 15 is 0 Å². The van der Waals surface area contributed by atoms with Crippen LogP contribution in [-0.4, -0.2) is 0 Å². The Morgan fingerprint density at radius 3 is 1.60 bits per heavy atom. The van der Waals surface area contributed by atoms with Crippen LogP contribution < -0.4 is 63.1 Å². The molecule has 0 aromatic heterocycles. The van der Waals surface area contributed by atoms with Crippen LogP contribution in [0.3, 0.4) is 0 Å². The van der Waals surface area contributed by atoms with Crippen molar-refractivity contribution in [1.29, 1.82) is 0 Å². The molecule has 9 heteroatoms. The molecule has 0 saturated carbocycles. The smallest absolute Gasteiger partial charge is 0.444 e. The van der Waals surface area contributed by atoms with E-state index < -0.39 is 0 Å². The van der Waals surface area contributed by atoms with Crippen LogP contribution in [0.15, 0.2) is 29.6 Å². The zero-order valence-corrected chi connectivity index (χ0v) is 13.3. The van der Waals surface area contributed by atoms with Crippen LogP contribution in [0.25, 0.3) is 0 Å². The Kier molecular flexibility index (Phi) is 34.1. The van der Waals surface area contributed by atoms with Crippen LogP contribution in [0.1, 0.15) is 0 Å². The molecular weight excluding hydrogens is 292 g/mol. The van der Waals surface area contributed by atoms with Gasteiger partial charge in [-0.15, -0.1) is 17.7 Å². The predicted molar refractivity (Wildman–Crippen MR) is 61.2 cm³/mol. The summed E-state index contributed by atoms with van der Waals surface area (Å²) in [5.41, 5.74) is 0. The number of benzene rings is 1. The monoisotopic (exact) mass is 299 g/mol. The number of hydrazine groups is 1. The molecule has 0 spiro atoms. The summed E-state index contributed by atoms with van der Waals surface area (Å²) in [6.07, 6.45) is 0. The maximum Gasteiger partial charge on any atom is 1.00 e. The van der Waals surface area contributed by atoms with Gasteiger partial charge < -0.3 is 10.1 Å². The molecule has 0 heterocycles. The van der Waals surface area contributed by atoms with Gasteiger partial charge in [0.05, 0.1) is 0 Å². The first-order valence-corrected chi connectivity index (χ1v) is 3.65. The summed E-state index contributed by atoms with van der Waals surface area (Å²) in [5, 5.41) is 10.4. The van der Waals surface area contributed by atoms with E-state index in [0.29, 0.717) is 10.0 Å². The summed E-state index contributed by atoms with van der Waals surface area (Å²) in [6, 6.07) is 7.08. The van der Waals surface area contributed by atoms with Gasteiger partial charge in [0.25, 0.3) is 0 Å². The maximum atomic E-state index is 8.00. The number of hydrogen-bond acceptors (Lipinski definition) is 5. The molecule has 0 aliphatic heterocycles. The third-order valence-electron chi connectivity index (χ3n) is 0.787. The molecule has 1 aromatic carbocycles. The molecule has 0 unspecified atom stereocenters. The van der Waals surface area contributed by atoms with Crippen molar-refractivity contribution >= 4 is 35.6 Å². The molecule has 82 valence electrons. The van der Waals surface area contributed by atoms with Gasteiger partial charge in [-0.3, -0.25) is 11.7 Å². The summed E-state index contributed by atoms with van der Waals surface area (Å²) >= 11 is 11.1. The summed E-state index contributed by atoms with van der Waals surface area (Å²) in [5.74, 6) is 8.00. The van der Waals surface area contributed by atoms with Crippen LogP contribution in [0.2, 0.25) is 10.0 Å². The molecule has 0 fully saturated rings. The molecule has 0 bridgehead atoms. The summed E-state index contributed by atoms with van der Waals surface area (Å²) in [7, 11) is 0. The normalized spacial score (nSPS) is 6.13. The second-order valence-electron chi connectivity index (χ2n) is 1.51. The van der Waals surface area contributed by atoms with E-state index in [1.807, 2.05) is 6.07 Å². The summed E-state index contributed by atoms with van der Waals surface area (Å²) in [4.78, 5) is 8.00. The molecule has 0 amide bonds. The van der Waals surface area contributed by atoms with Crippen molar-refractivity contribution in [2.24, 2.45) is 17.0 Å². The topological polar surface area (TPSA) is 105 Å². The number of rotatable bonds is 0. The zero-order chi connectivity index (χ0) is 10.7. The Hall–Kier alpha value is 1.05. The fraction of sp³-hybridized carbons (Fsp3) is 0. The van der Waals surface area contributed by atoms with E-state index in [2.05, 4.69) is 11.7 Å². The van der Waals surface area contributed by atoms with Crippen LogP contribution in [0, 0.1) is 10.1 Å². The number of nitrogens with two attached hydrogens (primary N) is 2. The van der Waals surface area contributed by atoms with E-state index in [0.717, 1.165) is 5.34 Å². The minimum atomic E-state index is 0. The largest absolute Gasteiger partial charge is 1.00 e. The Morgan fingerprint density at radius 2 is 1.47 bits per heavy atom. The molecule has 5 nitrogen and oxygen atoms in total. The maximum absolute atomic E-state index is 8.00. The minimum Gasteiger partial charge on any atom is -0.444 e. The van der Waals surface area contributed by atoms with Crippen molar-refractivity contribution in [3.05, 3.63) is 44.4 Å². The van der Waals surface area contributed by atoms with Gasteiger partial charge in [0.1, 0.15) is 0 Å². The van der Waals surface area contributed by atoms with Gasteiger partial charge in [-0.2, -0.15) is 0 Å². The predicted octanol–water partition coefficient (Wildman–Crippen LogP) is -0.511. The fourth-order valence-electron chi connectivity index (χ4n) is 0.460. The van der Waals surface area contributed by atoms with E-state index in [9.17, 15) is 0 Å². The number of nitrogens with zero attached hydrogens (tertiary/aromatic N) is 1. The Balaban J connectivity index is -0.0000000763. The van der Waals surface area contributed by atoms with Crippen LogP contribution in [0.4, 0.5) is 0 Å². The third kappa shape index (κ3) is 21.0. The fourth-order valence-corrected chi connectivity index (χ4v) is 0.896. The number of hydrogen-bond donors (Lipinski definition) is 2. The van der Waals surface area contributed by atoms with Gasteiger partial charge in [-0.25, -0.2) is 0 Å². The Labute approximate surface area is 146 Å². The molecule has 0 aliphatic carbocycles. The van der Waals surface area contributed by atoms with Gasteiger partial charge in [0, 0.05) is 10.0 Å². The van der Waals surface area contributed by atoms with E-state index in [4.69, 9.17) is 33.3 Å². The van der Waals surface area contributed by atoms with Crippen LogP contribution >= 0.6 is 35.6 Å². The first-order valence-electron chi connectivity index (χ1n) is 2.90. The van der Waals surface area contributed by atoms with Gasteiger partial charge in [-0.1, -0.05) is 29.3 Å². The molecular formula is C6H9Cl3KN3O2. The summed E-state index contributed by atoms with van der Waals surface area (Å²) < 4.78 is 0. The molecule has 0 saturated heterocycles. The first-order chi connectivity index (χ1) is 6.20. The first kappa shape index (κ1) is 25.0. The van der Waals surface area contributed by atoms with Crippen LogP contribution in [0.5, 0.6) is 0 Å². The molecule has 1 aromatic rings. The van der Waals surface area contributed by atoms with E-state index in [1.54, 1.807) is 18.2 Å². The van der Waals surface area contributed by atoms with Gasteiger partial charge in [-0.05, 0) is 18.2 Å². The minimum absolute atomic E-state index is 0. The zero-order valence-electron chi connectivity index (χ0n) is 7.89. The Morgan fingerprint density at radius 1 is 1.20 bits per heavy atom. The molecule has 0 radical (unpaired) electrons. The molecule has 15 heavy (non-hydrogen) atoms. The third-order valence-corrected chi connectivity index (χ3v) is 1.26. The van der Waals surface area contributed by atoms with Crippen molar-refractivity contribution in [1.82, 2.24) is 0 Å². The standard InChI is InChI=1S/C6H4Cl2.ClH.K.H4N2.HNO2/c7-5-2-1-3-6(8)4-5;;;1-2;2-1-3/h1-4H;1H;;1-2H2;(H,2,3)/q;;+1;;/p-1. The van der Waals surface area contributed by atoms with Crippen molar-refractivity contribution in [2.45, 2.75) is 0 Å². The quantitative estimate of drug-likeness (QED) is 0.291. The van der Waals surface area contributed by atoms with E-state index in [1.165, 1.54) is 0 Å². The SMILES string of the molecule is Cl.Clc1cccc(Cl)c1.NN.O=N[O-].[K+]. The molecule has 0 aliphatic rings. The second kappa shape index (κ2) is 20.5. The number of halogens is 3. The average molecular weight is 301 g/mol. The van der Waals surface area contributed by atoms with Gasteiger partial charge in [0.15, 0.2) is 0 Å². The van der Waals surface area contributed by atoms with Crippen molar-refractivity contribution in [3.8, 4) is 0 Å². The van der Waals surface area contributed by atoms with Gasteiger partial charge in [0.2, 0.25) is 0 Å². The van der Waals surface area contributed by atoms with Crippen molar-refractivity contribution < 1.29 is 51.4 Å². The molecule has 4 N–H and O–H groups in total. The molecule has 0 atom stereocenters. The Bertz CT molecular complexity index is 225. The molecule has 1 rings (SSSR count). The summed E-state index contributed by atoms with van der Waals surface area (Å²) in [6.45, 7) is 0. The second-order valence-corrected chi connectivity index (χ2v) is 2.39. The van der Waals surface area contributed by atoms with E-state index in [-0.39, 0.29) is 63.8 Å². The van der Waals surface area contributed by atoms with Crippen molar-refractivity contribution in [3.63, 3.8) is 0 Å².